The number of hydrogen-bond donors (Lipinski definition) is 0. The van der Waals surface area contributed by atoms with E-state index in [1.54, 1.807) is 25.3 Å². The Morgan fingerprint density at radius 2 is 1.44 bits per heavy atom. The molecule has 2 aromatic carbocycles. The number of nitrogens with zero attached hydrogens (tertiary/aromatic N) is 1. The van der Waals surface area contributed by atoms with Crippen LogP contribution < -0.4 is 0 Å². The van der Waals surface area contributed by atoms with Gasteiger partial charge in [-0.2, -0.15) is 13.2 Å². The van der Waals surface area contributed by atoms with Crippen molar-refractivity contribution < 1.29 is 32.2 Å². The molecule has 0 fully saturated rings. The minimum atomic E-state index is -5.08. The average Bonchev–Trinajstić information content (AvgIpc) is 2.94. The number of ether oxygens (including phenoxy) is 2. The van der Waals surface area contributed by atoms with Gasteiger partial charge in [0.25, 0.3) is 6.10 Å². The lowest BCUT2D eigenvalue weighted by Gasteiger charge is -2.19. The number of rotatable bonds is 13. The average molecular weight is 542 g/mol. The summed E-state index contributed by atoms with van der Waals surface area (Å²) >= 11 is 0. The van der Waals surface area contributed by atoms with Crippen LogP contribution in [0.15, 0.2) is 66.9 Å². The van der Waals surface area contributed by atoms with E-state index >= 15 is 0 Å². The first-order valence-corrected chi connectivity index (χ1v) is 13.3. The standard InChI is InChI=1S/C31H34F3NO4/c1-3-5-6-7-8-9-22-10-12-24(13-11-22)27-19-18-26(21-35-27)23-14-16-25(17-15-23)29(36)39-28(31(32,33)34)30(37)38-20-4-2/h10-19,21,28H,3-9,20H2,1-2H3. The molecule has 0 radical (unpaired) electrons. The maximum Gasteiger partial charge on any atom is 0.436 e. The summed E-state index contributed by atoms with van der Waals surface area (Å²) < 4.78 is 48.7. The fourth-order valence-electron chi connectivity index (χ4n) is 4.01. The molecule has 0 N–H and O–H groups in total. The quantitative estimate of drug-likeness (QED) is 0.162. The second-order valence-corrected chi connectivity index (χ2v) is 9.37. The molecule has 1 aromatic heterocycles. The summed E-state index contributed by atoms with van der Waals surface area (Å²) in [7, 11) is 0. The molecule has 3 rings (SSSR count). The number of esters is 2. The van der Waals surface area contributed by atoms with Gasteiger partial charge >= 0.3 is 18.1 Å². The first kappa shape index (κ1) is 29.9. The maximum absolute atomic E-state index is 13.2. The lowest BCUT2D eigenvalue weighted by Crippen LogP contribution is -2.42. The maximum atomic E-state index is 13.2. The highest BCUT2D eigenvalue weighted by molar-refractivity contribution is 5.92. The van der Waals surface area contributed by atoms with E-state index in [2.05, 4.69) is 45.6 Å². The Bertz CT molecular complexity index is 1190. The van der Waals surface area contributed by atoms with Gasteiger partial charge in [0.2, 0.25) is 0 Å². The van der Waals surface area contributed by atoms with Crippen molar-refractivity contribution in [1.82, 2.24) is 4.98 Å². The number of hydrogen-bond acceptors (Lipinski definition) is 5. The summed E-state index contributed by atoms with van der Waals surface area (Å²) in [5.41, 5.74) is 4.52. The predicted molar refractivity (Wildman–Crippen MR) is 144 cm³/mol. The van der Waals surface area contributed by atoms with Crippen molar-refractivity contribution in [3.05, 3.63) is 78.0 Å². The van der Waals surface area contributed by atoms with E-state index in [0.29, 0.717) is 6.42 Å². The molecule has 8 heteroatoms. The van der Waals surface area contributed by atoms with Crippen LogP contribution in [0.2, 0.25) is 0 Å². The number of benzene rings is 2. The molecule has 0 saturated heterocycles. The summed E-state index contributed by atoms with van der Waals surface area (Å²) in [5, 5.41) is 0. The number of aryl methyl sites for hydroxylation is 1. The Kier molecular flexibility index (Phi) is 11.1. The number of alkyl halides is 3. The zero-order chi connectivity index (χ0) is 28.3. The Morgan fingerprint density at radius 1 is 0.795 bits per heavy atom. The lowest BCUT2D eigenvalue weighted by atomic mass is 10.0. The molecular formula is C31H34F3NO4. The van der Waals surface area contributed by atoms with Gasteiger partial charge in [0.15, 0.2) is 0 Å². The topological polar surface area (TPSA) is 65.5 Å². The van der Waals surface area contributed by atoms with Crippen LogP contribution in [0, 0.1) is 0 Å². The third kappa shape index (κ3) is 8.94. The van der Waals surface area contributed by atoms with Gasteiger partial charge in [-0.3, -0.25) is 4.98 Å². The van der Waals surface area contributed by atoms with E-state index in [4.69, 9.17) is 0 Å². The summed E-state index contributed by atoms with van der Waals surface area (Å²) in [5.74, 6) is -2.91. The van der Waals surface area contributed by atoms with E-state index in [1.807, 2.05) is 12.1 Å². The summed E-state index contributed by atoms with van der Waals surface area (Å²) in [6.45, 7) is 3.65. The Hall–Kier alpha value is -3.68. The molecular weight excluding hydrogens is 507 g/mol. The summed E-state index contributed by atoms with van der Waals surface area (Å²) in [4.78, 5) is 28.6. The van der Waals surface area contributed by atoms with Crippen LogP contribution in [0.25, 0.3) is 22.4 Å². The van der Waals surface area contributed by atoms with Crippen molar-refractivity contribution >= 4 is 11.9 Å². The van der Waals surface area contributed by atoms with Crippen LogP contribution in [0.5, 0.6) is 0 Å². The van der Waals surface area contributed by atoms with Crippen LogP contribution in [0.4, 0.5) is 13.2 Å². The third-order valence-electron chi connectivity index (χ3n) is 6.22. The largest absolute Gasteiger partial charge is 0.463 e. The Labute approximate surface area is 227 Å². The highest BCUT2D eigenvalue weighted by atomic mass is 19.4. The smallest absolute Gasteiger partial charge is 0.436 e. The van der Waals surface area contributed by atoms with Crippen molar-refractivity contribution in [2.75, 3.05) is 6.61 Å². The SMILES string of the molecule is CCCCCCCc1ccc(-c2ccc(-c3ccc(C(=O)OC(C(=O)OCCC)C(F)(F)F)cc3)cn2)cc1. The first-order chi connectivity index (χ1) is 18.7. The van der Waals surface area contributed by atoms with Crippen molar-refractivity contribution in [2.45, 2.75) is 71.1 Å². The molecule has 1 unspecified atom stereocenters. The molecule has 0 aliphatic heterocycles. The van der Waals surface area contributed by atoms with E-state index in [9.17, 15) is 22.8 Å². The minimum Gasteiger partial charge on any atom is -0.463 e. The zero-order valence-electron chi connectivity index (χ0n) is 22.3. The molecule has 39 heavy (non-hydrogen) atoms. The predicted octanol–water partition coefficient (Wildman–Crippen LogP) is 7.97. The fraction of sp³-hybridized carbons (Fsp3) is 0.387. The van der Waals surface area contributed by atoms with Gasteiger partial charge in [-0.1, -0.05) is 82.0 Å². The molecule has 1 heterocycles. The van der Waals surface area contributed by atoms with E-state index in [1.165, 1.54) is 49.8 Å². The molecule has 5 nitrogen and oxygen atoms in total. The van der Waals surface area contributed by atoms with Gasteiger partial charge < -0.3 is 9.47 Å². The van der Waals surface area contributed by atoms with Crippen LogP contribution in [0.3, 0.4) is 0 Å². The molecule has 0 aliphatic rings. The van der Waals surface area contributed by atoms with Gasteiger partial charge in [0.1, 0.15) is 0 Å². The number of carbonyl (C=O) groups is 2. The van der Waals surface area contributed by atoms with Gasteiger partial charge in [-0.05, 0) is 48.6 Å². The minimum absolute atomic E-state index is 0.119. The molecule has 3 aromatic rings. The van der Waals surface area contributed by atoms with Gasteiger partial charge in [-0.15, -0.1) is 0 Å². The number of aromatic nitrogens is 1. The molecule has 0 aliphatic carbocycles. The summed E-state index contributed by atoms with van der Waals surface area (Å²) in [6, 6.07) is 18.0. The molecule has 0 amide bonds. The van der Waals surface area contributed by atoms with Crippen LogP contribution in [-0.4, -0.2) is 35.8 Å². The number of carbonyl (C=O) groups excluding carboxylic acids is 2. The Balaban J connectivity index is 1.61. The highest BCUT2D eigenvalue weighted by Crippen LogP contribution is 2.27. The first-order valence-electron chi connectivity index (χ1n) is 13.3. The van der Waals surface area contributed by atoms with Crippen molar-refractivity contribution in [1.29, 1.82) is 0 Å². The zero-order valence-corrected chi connectivity index (χ0v) is 22.3. The van der Waals surface area contributed by atoms with E-state index in [0.717, 1.165) is 28.8 Å². The van der Waals surface area contributed by atoms with Crippen LogP contribution in [0.1, 0.15) is 68.3 Å². The van der Waals surface area contributed by atoms with Crippen molar-refractivity contribution in [3.63, 3.8) is 0 Å². The molecule has 0 spiro atoms. The Morgan fingerprint density at radius 3 is 2.03 bits per heavy atom. The number of unbranched alkanes of at least 4 members (excludes halogenated alkanes) is 4. The monoisotopic (exact) mass is 541 g/mol. The van der Waals surface area contributed by atoms with Gasteiger partial charge in [0.05, 0.1) is 17.9 Å². The van der Waals surface area contributed by atoms with Gasteiger partial charge in [-0.25, -0.2) is 9.59 Å². The highest BCUT2D eigenvalue weighted by Gasteiger charge is 2.49. The fourth-order valence-corrected chi connectivity index (χ4v) is 4.01. The van der Waals surface area contributed by atoms with Crippen molar-refractivity contribution in [3.8, 4) is 22.4 Å². The second-order valence-electron chi connectivity index (χ2n) is 9.37. The number of pyridine rings is 1. The van der Waals surface area contributed by atoms with E-state index in [-0.39, 0.29) is 12.2 Å². The normalized spacial score (nSPS) is 12.1. The number of halogens is 3. The van der Waals surface area contributed by atoms with Crippen LogP contribution >= 0.6 is 0 Å². The lowest BCUT2D eigenvalue weighted by molar-refractivity contribution is -0.218. The molecule has 0 saturated carbocycles. The summed E-state index contributed by atoms with van der Waals surface area (Å²) in [6.07, 6.45) is 1.31. The second kappa shape index (κ2) is 14.5. The van der Waals surface area contributed by atoms with E-state index < -0.39 is 24.2 Å². The molecule has 208 valence electrons. The third-order valence-corrected chi connectivity index (χ3v) is 6.22. The van der Waals surface area contributed by atoms with Crippen LogP contribution in [-0.2, 0) is 20.7 Å². The van der Waals surface area contributed by atoms with Crippen molar-refractivity contribution in [2.24, 2.45) is 0 Å². The molecule has 1 atom stereocenters. The molecule has 0 bridgehead atoms. The van der Waals surface area contributed by atoms with Gasteiger partial charge in [0, 0.05) is 17.3 Å².